The molecule has 0 bridgehead atoms. The maximum absolute atomic E-state index is 11.3. The van der Waals surface area contributed by atoms with Gasteiger partial charge in [0.25, 0.3) is 0 Å². The Morgan fingerprint density at radius 2 is 2.00 bits per heavy atom. The van der Waals surface area contributed by atoms with E-state index in [2.05, 4.69) is 24.1 Å². The van der Waals surface area contributed by atoms with Gasteiger partial charge in [0.2, 0.25) is 0 Å². The van der Waals surface area contributed by atoms with Gasteiger partial charge in [-0.25, -0.2) is 4.79 Å². The van der Waals surface area contributed by atoms with Crippen molar-refractivity contribution in [2.75, 3.05) is 24.5 Å². The van der Waals surface area contributed by atoms with Gasteiger partial charge in [-0.3, -0.25) is 0 Å². The van der Waals surface area contributed by atoms with Crippen LogP contribution in [0.4, 0.5) is 10.5 Å². The quantitative estimate of drug-likeness (QED) is 0.854. The standard InChI is InChI=1S/C13H20N2O2/c1-4-14-13(16)17-12-9-7-8-11(10-12)15(5-2)6-3/h7-10H,4-6H2,1-3H3,(H,14,16). The van der Waals surface area contributed by atoms with Crippen LogP contribution >= 0.6 is 0 Å². The minimum atomic E-state index is -0.413. The molecule has 94 valence electrons. The van der Waals surface area contributed by atoms with E-state index in [1.165, 1.54) is 0 Å². The molecule has 1 aromatic rings. The third-order valence-corrected chi connectivity index (χ3v) is 2.48. The molecule has 0 spiro atoms. The van der Waals surface area contributed by atoms with E-state index in [0.29, 0.717) is 12.3 Å². The van der Waals surface area contributed by atoms with Gasteiger partial charge >= 0.3 is 6.09 Å². The van der Waals surface area contributed by atoms with Gasteiger partial charge in [0, 0.05) is 31.4 Å². The summed E-state index contributed by atoms with van der Waals surface area (Å²) in [4.78, 5) is 13.5. The predicted octanol–water partition coefficient (Wildman–Crippen LogP) is 2.64. The molecule has 0 aliphatic rings. The van der Waals surface area contributed by atoms with Gasteiger partial charge in [-0.1, -0.05) is 6.07 Å². The van der Waals surface area contributed by atoms with Crippen LogP contribution in [0.3, 0.4) is 0 Å². The molecule has 4 nitrogen and oxygen atoms in total. The van der Waals surface area contributed by atoms with Crippen LogP contribution in [0.5, 0.6) is 5.75 Å². The molecule has 0 unspecified atom stereocenters. The lowest BCUT2D eigenvalue weighted by Gasteiger charge is -2.21. The molecule has 1 aromatic carbocycles. The zero-order valence-electron chi connectivity index (χ0n) is 10.7. The minimum absolute atomic E-state index is 0.413. The van der Waals surface area contributed by atoms with Crippen molar-refractivity contribution in [2.24, 2.45) is 0 Å². The highest BCUT2D eigenvalue weighted by Crippen LogP contribution is 2.20. The maximum atomic E-state index is 11.3. The first kappa shape index (κ1) is 13.4. The van der Waals surface area contributed by atoms with Gasteiger partial charge in [0.15, 0.2) is 0 Å². The average molecular weight is 236 g/mol. The monoisotopic (exact) mass is 236 g/mol. The number of anilines is 1. The number of ether oxygens (including phenoxy) is 1. The van der Waals surface area contributed by atoms with Gasteiger partial charge in [-0.2, -0.15) is 0 Å². The van der Waals surface area contributed by atoms with Crippen LogP contribution in [0.15, 0.2) is 24.3 Å². The van der Waals surface area contributed by atoms with Crippen LogP contribution < -0.4 is 15.0 Å². The van der Waals surface area contributed by atoms with Crippen molar-refractivity contribution in [2.45, 2.75) is 20.8 Å². The van der Waals surface area contributed by atoms with Crippen LogP contribution in [0, 0.1) is 0 Å². The lowest BCUT2D eigenvalue weighted by molar-refractivity contribution is 0.201. The molecule has 0 fully saturated rings. The Kier molecular flexibility index (Phi) is 5.33. The Balaban J connectivity index is 2.75. The van der Waals surface area contributed by atoms with Crippen molar-refractivity contribution in [1.29, 1.82) is 0 Å². The predicted molar refractivity (Wildman–Crippen MR) is 69.7 cm³/mol. The molecule has 0 atom stereocenters. The topological polar surface area (TPSA) is 41.6 Å². The zero-order chi connectivity index (χ0) is 12.7. The van der Waals surface area contributed by atoms with E-state index in [9.17, 15) is 4.79 Å². The first-order chi connectivity index (χ1) is 8.21. The Morgan fingerprint density at radius 3 is 2.59 bits per heavy atom. The number of nitrogens with one attached hydrogen (secondary N) is 1. The minimum Gasteiger partial charge on any atom is -0.410 e. The van der Waals surface area contributed by atoms with Crippen LogP contribution in [0.25, 0.3) is 0 Å². The summed E-state index contributed by atoms with van der Waals surface area (Å²) in [6, 6.07) is 7.56. The molecule has 0 saturated heterocycles. The number of nitrogens with zero attached hydrogens (tertiary/aromatic N) is 1. The van der Waals surface area contributed by atoms with Crippen molar-refractivity contribution >= 4 is 11.8 Å². The van der Waals surface area contributed by atoms with Crippen LogP contribution in [-0.4, -0.2) is 25.7 Å². The molecule has 1 N–H and O–H groups in total. The number of carbonyl (C=O) groups excluding carboxylic acids is 1. The molecular weight excluding hydrogens is 216 g/mol. The molecule has 1 amide bonds. The Morgan fingerprint density at radius 1 is 1.29 bits per heavy atom. The molecule has 0 aromatic heterocycles. The van der Waals surface area contributed by atoms with Gasteiger partial charge < -0.3 is 15.0 Å². The van der Waals surface area contributed by atoms with E-state index in [-0.39, 0.29) is 0 Å². The fourth-order valence-corrected chi connectivity index (χ4v) is 1.62. The third-order valence-electron chi connectivity index (χ3n) is 2.48. The first-order valence-corrected chi connectivity index (χ1v) is 6.01. The fourth-order valence-electron chi connectivity index (χ4n) is 1.62. The highest BCUT2D eigenvalue weighted by molar-refractivity contribution is 5.70. The summed E-state index contributed by atoms with van der Waals surface area (Å²) < 4.78 is 5.16. The SMILES string of the molecule is CCNC(=O)Oc1cccc(N(CC)CC)c1. The Bertz CT molecular complexity index is 362. The molecule has 17 heavy (non-hydrogen) atoms. The van der Waals surface area contributed by atoms with E-state index in [1.54, 1.807) is 6.07 Å². The number of benzene rings is 1. The Labute approximate surface area is 103 Å². The molecule has 4 heteroatoms. The van der Waals surface area contributed by atoms with Gasteiger partial charge in [-0.05, 0) is 32.9 Å². The molecule has 0 aliphatic carbocycles. The van der Waals surface area contributed by atoms with Crippen LogP contribution in [-0.2, 0) is 0 Å². The summed E-state index contributed by atoms with van der Waals surface area (Å²) in [5, 5.41) is 2.60. The Hall–Kier alpha value is -1.71. The van der Waals surface area contributed by atoms with Crippen molar-refractivity contribution in [3.05, 3.63) is 24.3 Å². The average Bonchev–Trinajstić information content (AvgIpc) is 2.31. The summed E-state index contributed by atoms with van der Waals surface area (Å²) in [5.74, 6) is 0.570. The second-order valence-corrected chi connectivity index (χ2v) is 3.59. The molecular formula is C13H20N2O2. The number of rotatable bonds is 5. The lowest BCUT2D eigenvalue weighted by Crippen LogP contribution is -2.26. The summed E-state index contributed by atoms with van der Waals surface area (Å²) in [7, 11) is 0. The van der Waals surface area contributed by atoms with Crippen LogP contribution in [0.1, 0.15) is 20.8 Å². The second-order valence-electron chi connectivity index (χ2n) is 3.59. The van der Waals surface area contributed by atoms with Gasteiger partial charge in [0.1, 0.15) is 5.75 Å². The van der Waals surface area contributed by atoms with Crippen molar-refractivity contribution < 1.29 is 9.53 Å². The fraction of sp³-hybridized carbons (Fsp3) is 0.462. The van der Waals surface area contributed by atoms with Crippen molar-refractivity contribution in [1.82, 2.24) is 5.32 Å². The first-order valence-electron chi connectivity index (χ1n) is 6.01. The van der Waals surface area contributed by atoms with Crippen molar-refractivity contribution in [3.63, 3.8) is 0 Å². The summed E-state index contributed by atoms with van der Waals surface area (Å²) in [6.07, 6.45) is -0.413. The van der Waals surface area contributed by atoms with Crippen LogP contribution in [0.2, 0.25) is 0 Å². The summed E-state index contributed by atoms with van der Waals surface area (Å²) >= 11 is 0. The highest BCUT2D eigenvalue weighted by Gasteiger charge is 2.06. The number of carbonyl (C=O) groups is 1. The maximum Gasteiger partial charge on any atom is 0.412 e. The smallest absolute Gasteiger partial charge is 0.410 e. The van der Waals surface area contributed by atoms with E-state index in [4.69, 9.17) is 4.74 Å². The number of hydrogen-bond acceptors (Lipinski definition) is 3. The van der Waals surface area contributed by atoms with E-state index in [1.807, 2.05) is 25.1 Å². The van der Waals surface area contributed by atoms with Gasteiger partial charge in [0.05, 0.1) is 0 Å². The highest BCUT2D eigenvalue weighted by atomic mass is 16.6. The molecule has 1 rings (SSSR count). The number of amides is 1. The molecule has 0 radical (unpaired) electrons. The number of hydrogen-bond donors (Lipinski definition) is 1. The molecule has 0 heterocycles. The molecule has 0 saturated carbocycles. The second kappa shape index (κ2) is 6.78. The summed E-state index contributed by atoms with van der Waals surface area (Å²) in [6.45, 7) is 8.48. The van der Waals surface area contributed by atoms with E-state index in [0.717, 1.165) is 18.8 Å². The molecule has 0 aliphatic heterocycles. The summed E-state index contributed by atoms with van der Waals surface area (Å²) in [5.41, 5.74) is 1.07. The normalized spacial score (nSPS) is 9.82. The van der Waals surface area contributed by atoms with E-state index >= 15 is 0 Å². The lowest BCUT2D eigenvalue weighted by atomic mass is 10.2. The van der Waals surface area contributed by atoms with Crippen molar-refractivity contribution in [3.8, 4) is 5.75 Å². The zero-order valence-corrected chi connectivity index (χ0v) is 10.7. The van der Waals surface area contributed by atoms with Gasteiger partial charge in [-0.15, -0.1) is 0 Å². The third kappa shape index (κ3) is 3.98. The largest absolute Gasteiger partial charge is 0.412 e. The van der Waals surface area contributed by atoms with E-state index < -0.39 is 6.09 Å².